The molecule has 1 aliphatic rings. The van der Waals surface area contributed by atoms with E-state index in [9.17, 15) is 0 Å². The zero-order chi connectivity index (χ0) is 12.4. The van der Waals surface area contributed by atoms with Crippen LogP contribution in [0.1, 0.15) is 38.7 Å². The van der Waals surface area contributed by atoms with Crippen molar-refractivity contribution in [2.45, 2.75) is 44.1 Å². The molecule has 1 saturated heterocycles. The minimum atomic E-state index is -0.0384. The standard InChI is InChI=1S/C15H23NO/c1-14(2)12-15(8-10-16,9-11-17-14)13-6-4-3-5-7-13/h3-7H,8-12,16H2,1-2H3. The highest BCUT2D eigenvalue weighted by Gasteiger charge is 2.41. The van der Waals surface area contributed by atoms with Gasteiger partial charge in [0.05, 0.1) is 5.60 Å². The maximum absolute atomic E-state index is 5.85. The van der Waals surface area contributed by atoms with Crippen LogP contribution in [0.5, 0.6) is 0 Å². The molecule has 0 radical (unpaired) electrons. The fourth-order valence-electron chi connectivity index (χ4n) is 3.15. The minimum absolute atomic E-state index is 0.0384. The molecule has 1 unspecified atom stereocenters. The summed E-state index contributed by atoms with van der Waals surface area (Å²) in [6.07, 6.45) is 3.18. The van der Waals surface area contributed by atoms with E-state index in [1.807, 2.05) is 0 Å². The van der Waals surface area contributed by atoms with Crippen LogP contribution < -0.4 is 5.73 Å². The molecule has 2 N–H and O–H groups in total. The molecule has 1 aromatic rings. The van der Waals surface area contributed by atoms with Crippen molar-refractivity contribution in [3.63, 3.8) is 0 Å². The van der Waals surface area contributed by atoms with Crippen molar-refractivity contribution >= 4 is 0 Å². The SMILES string of the molecule is CC1(C)CC(CCN)(c2ccccc2)CCO1. The second-order valence-electron chi connectivity index (χ2n) is 5.72. The lowest BCUT2D eigenvalue weighted by Gasteiger charge is -2.45. The predicted molar refractivity (Wildman–Crippen MR) is 71.1 cm³/mol. The molecule has 2 nitrogen and oxygen atoms in total. The number of rotatable bonds is 3. The molecule has 1 fully saturated rings. The van der Waals surface area contributed by atoms with Crippen LogP contribution in [0.4, 0.5) is 0 Å². The Labute approximate surface area is 104 Å². The topological polar surface area (TPSA) is 35.2 Å². The number of hydrogen-bond acceptors (Lipinski definition) is 2. The molecular formula is C15H23NO. The summed E-state index contributed by atoms with van der Waals surface area (Å²) in [5.41, 5.74) is 7.42. The van der Waals surface area contributed by atoms with E-state index in [1.54, 1.807) is 0 Å². The molecule has 17 heavy (non-hydrogen) atoms. The van der Waals surface area contributed by atoms with Crippen molar-refractivity contribution in [2.24, 2.45) is 5.73 Å². The van der Waals surface area contributed by atoms with E-state index in [4.69, 9.17) is 10.5 Å². The maximum atomic E-state index is 5.85. The van der Waals surface area contributed by atoms with E-state index in [1.165, 1.54) is 5.56 Å². The van der Waals surface area contributed by atoms with Crippen LogP contribution in [0.25, 0.3) is 0 Å². The Morgan fingerprint density at radius 2 is 1.94 bits per heavy atom. The lowest BCUT2D eigenvalue weighted by Crippen LogP contribution is -2.45. The van der Waals surface area contributed by atoms with Crippen molar-refractivity contribution < 1.29 is 4.74 Å². The molecule has 0 spiro atoms. The third-order valence-corrected chi connectivity index (χ3v) is 3.85. The molecule has 1 heterocycles. The largest absolute Gasteiger partial charge is 0.376 e. The first-order chi connectivity index (χ1) is 8.08. The molecule has 0 aromatic heterocycles. The zero-order valence-electron chi connectivity index (χ0n) is 10.9. The van der Waals surface area contributed by atoms with Gasteiger partial charge in [0.25, 0.3) is 0 Å². The number of benzene rings is 1. The second-order valence-corrected chi connectivity index (χ2v) is 5.72. The Bertz CT molecular complexity index is 356. The smallest absolute Gasteiger partial charge is 0.0635 e. The molecule has 1 aliphatic heterocycles. The van der Waals surface area contributed by atoms with Gasteiger partial charge in [-0.3, -0.25) is 0 Å². The average molecular weight is 233 g/mol. The zero-order valence-corrected chi connectivity index (χ0v) is 10.9. The van der Waals surface area contributed by atoms with Crippen molar-refractivity contribution in [2.75, 3.05) is 13.2 Å². The molecule has 1 atom stereocenters. The van der Waals surface area contributed by atoms with Gasteiger partial charge in [0.1, 0.15) is 0 Å². The first kappa shape index (κ1) is 12.6. The van der Waals surface area contributed by atoms with Gasteiger partial charge in [-0.05, 0) is 45.2 Å². The molecule has 94 valence electrons. The summed E-state index contributed by atoms with van der Waals surface area (Å²) in [4.78, 5) is 0. The van der Waals surface area contributed by atoms with E-state index in [2.05, 4.69) is 44.2 Å². The summed E-state index contributed by atoms with van der Waals surface area (Å²) in [5, 5.41) is 0. The predicted octanol–water partition coefficient (Wildman–Crippen LogP) is 2.86. The van der Waals surface area contributed by atoms with Gasteiger partial charge in [-0.15, -0.1) is 0 Å². The lowest BCUT2D eigenvalue weighted by atomic mass is 9.67. The van der Waals surface area contributed by atoms with Gasteiger partial charge < -0.3 is 10.5 Å². The summed E-state index contributed by atoms with van der Waals surface area (Å²) in [6.45, 7) is 5.94. The maximum Gasteiger partial charge on any atom is 0.0635 e. The fourth-order valence-corrected chi connectivity index (χ4v) is 3.15. The Kier molecular flexibility index (Phi) is 3.55. The Balaban J connectivity index is 2.32. The number of ether oxygens (including phenoxy) is 1. The van der Waals surface area contributed by atoms with E-state index >= 15 is 0 Å². The van der Waals surface area contributed by atoms with Crippen molar-refractivity contribution in [1.82, 2.24) is 0 Å². The van der Waals surface area contributed by atoms with Crippen LogP contribution in [0.3, 0.4) is 0 Å². The van der Waals surface area contributed by atoms with Crippen LogP contribution in [0.2, 0.25) is 0 Å². The summed E-state index contributed by atoms with van der Waals surface area (Å²) < 4.78 is 5.85. The summed E-state index contributed by atoms with van der Waals surface area (Å²) in [6, 6.07) is 10.8. The molecule has 0 aliphatic carbocycles. The minimum Gasteiger partial charge on any atom is -0.376 e. The van der Waals surface area contributed by atoms with Gasteiger partial charge in [0, 0.05) is 12.0 Å². The van der Waals surface area contributed by atoms with Crippen LogP contribution in [-0.2, 0) is 10.2 Å². The Hall–Kier alpha value is -0.860. The summed E-state index contributed by atoms with van der Waals surface area (Å²) in [5.74, 6) is 0. The first-order valence-electron chi connectivity index (χ1n) is 6.48. The van der Waals surface area contributed by atoms with Gasteiger partial charge in [-0.1, -0.05) is 30.3 Å². The van der Waals surface area contributed by atoms with Gasteiger partial charge in [0.15, 0.2) is 0 Å². The van der Waals surface area contributed by atoms with E-state index in [0.29, 0.717) is 0 Å². The van der Waals surface area contributed by atoms with Gasteiger partial charge in [0.2, 0.25) is 0 Å². The molecular weight excluding hydrogens is 210 g/mol. The third kappa shape index (κ3) is 2.70. The number of nitrogens with two attached hydrogens (primary N) is 1. The van der Waals surface area contributed by atoms with E-state index in [0.717, 1.165) is 32.4 Å². The molecule has 0 amide bonds. The molecule has 0 bridgehead atoms. The quantitative estimate of drug-likeness (QED) is 0.871. The normalized spacial score (nSPS) is 27.9. The highest BCUT2D eigenvalue weighted by atomic mass is 16.5. The van der Waals surface area contributed by atoms with Crippen LogP contribution >= 0.6 is 0 Å². The van der Waals surface area contributed by atoms with E-state index < -0.39 is 0 Å². The fraction of sp³-hybridized carbons (Fsp3) is 0.600. The molecule has 1 aromatic carbocycles. The lowest BCUT2D eigenvalue weighted by molar-refractivity contribution is -0.0836. The van der Waals surface area contributed by atoms with Crippen LogP contribution in [0, 0.1) is 0 Å². The second kappa shape index (κ2) is 4.79. The van der Waals surface area contributed by atoms with Crippen LogP contribution in [0.15, 0.2) is 30.3 Å². The van der Waals surface area contributed by atoms with Gasteiger partial charge in [-0.25, -0.2) is 0 Å². The Morgan fingerprint density at radius 1 is 1.24 bits per heavy atom. The highest BCUT2D eigenvalue weighted by molar-refractivity contribution is 5.27. The Morgan fingerprint density at radius 3 is 2.53 bits per heavy atom. The average Bonchev–Trinajstić information content (AvgIpc) is 2.29. The van der Waals surface area contributed by atoms with E-state index in [-0.39, 0.29) is 11.0 Å². The van der Waals surface area contributed by atoms with Crippen molar-refractivity contribution in [3.8, 4) is 0 Å². The first-order valence-corrected chi connectivity index (χ1v) is 6.48. The van der Waals surface area contributed by atoms with Crippen molar-refractivity contribution in [3.05, 3.63) is 35.9 Å². The van der Waals surface area contributed by atoms with Crippen LogP contribution in [-0.4, -0.2) is 18.8 Å². The molecule has 2 rings (SSSR count). The molecule has 0 saturated carbocycles. The third-order valence-electron chi connectivity index (χ3n) is 3.85. The number of hydrogen-bond donors (Lipinski definition) is 1. The van der Waals surface area contributed by atoms with Gasteiger partial charge >= 0.3 is 0 Å². The van der Waals surface area contributed by atoms with Crippen molar-refractivity contribution in [1.29, 1.82) is 0 Å². The summed E-state index contributed by atoms with van der Waals surface area (Å²) in [7, 11) is 0. The highest BCUT2D eigenvalue weighted by Crippen LogP contribution is 2.43. The summed E-state index contributed by atoms with van der Waals surface area (Å²) >= 11 is 0. The monoisotopic (exact) mass is 233 g/mol. The molecule has 2 heteroatoms. The van der Waals surface area contributed by atoms with Gasteiger partial charge in [-0.2, -0.15) is 0 Å².